The molecule has 9 nitrogen and oxygen atoms in total. The number of nitrogens with one attached hydrogen (secondary N) is 1. The monoisotopic (exact) mass is 360 g/mol. The zero-order chi connectivity index (χ0) is 18.4. The van der Waals surface area contributed by atoms with Crippen LogP contribution in [-0.4, -0.2) is 71.1 Å². The van der Waals surface area contributed by atoms with E-state index in [9.17, 15) is 4.79 Å². The molecule has 2 aromatic heterocycles. The van der Waals surface area contributed by atoms with Crippen molar-refractivity contribution in [2.45, 2.75) is 20.3 Å². The number of carbonyl (C=O) groups excluding carboxylic acids is 1. The van der Waals surface area contributed by atoms with Crippen LogP contribution in [-0.2, 0) is 6.42 Å². The Balaban J connectivity index is 1.54. The molecule has 3 heterocycles. The molecule has 0 saturated carbocycles. The molecule has 0 atom stereocenters. The molecule has 0 bridgehead atoms. The molecule has 9 heteroatoms. The molecule has 1 saturated heterocycles. The third-order valence-electron chi connectivity index (χ3n) is 4.09. The summed E-state index contributed by atoms with van der Waals surface area (Å²) < 4.78 is 10.3. The van der Waals surface area contributed by atoms with Gasteiger partial charge in [0.1, 0.15) is 0 Å². The Bertz CT molecular complexity index is 732. The number of guanidine groups is 1. The molecule has 140 valence electrons. The van der Waals surface area contributed by atoms with E-state index in [0.717, 1.165) is 25.6 Å². The van der Waals surface area contributed by atoms with E-state index in [1.165, 1.54) is 6.26 Å². The highest BCUT2D eigenvalue weighted by molar-refractivity contribution is 5.91. The zero-order valence-corrected chi connectivity index (χ0v) is 15.1. The second kappa shape index (κ2) is 8.50. The van der Waals surface area contributed by atoms with Gasteiger partial charge in [0, 0.05) is 39.1 Å². The van der Waals surface area contributed by atoms with Gasteiger partial charge in [-0.15, -0.1) is 0 Å². The van der Waals surface area contributed by atoms with Crippen LogP contribution >= 0.6 is 0 Å². The fourth-order valence-corrected chi connectivity index (χ4v) is 2.80. The van der Waals surface area contributed by atoms with Gasteiger partial charge in [-0.3, -0.25) is 9.79 Å². The van der Waals surface area contributed by atoms with Gasteiger partial charge in [0.05, 0.1) is 12.8 Å². The van der Waals surface area contributed by atoms with Crippen LogP contribution in [0.1, 0.15) is 29.2 Å². The second-order valence-electron chi connectivity index (χ2n) is 5.98. The number of hydrogen-bond donors (Lipinski definition) is 1. The summed E-state index contributed by atoms with van der Waals surface area (Å²) in [5.41, 5.74) is 0. The Kier molecular flexibility index (Phi) is 5.88. The van der Waals surface area contributed by atoms with E-state index in [4.69, 9.17) is 8.94 Å². The first-order valence-corrected chi connectivity index (χ1v) is 8.82. The molecular formula is C17H24N6O3. The highest BCUT2D eigenvalue weighted by Gasteiger charge is 2.25. The molecule has 0 aliphatic carbocycles. The highest BCUT2D eigenvalue weighted by Crippen LogP contribution is 2.09. The van der Waals surface area contributed by atoms with Gasteiger partial charge in [0.15, 0.2) is 17.5 Å². The van der Waals surface area contributed by atoms with Crippen molar-refractivity contribution in [2.24, 2.45) is 4.99 Å². The lowest BCUT2D eigenvalue weighted by Gasteiger charge is -2.36. The molecule has 3 rings (SSSR count). The minimum absolute atomic E-state index is 0.0663. The molecule has 1 aliphatic rings. The number of rotatable bonds is 5. The lowest BCUT2D eigenvalue weighted by molar-refractivity contribution is 0.0657. The van der Waals surface area contributed by atoms with E-state index in [0.29, 0.717) is 43.5 Å². The summed E-state index contributed by atoms with van der Waals surface area (Å²) in [5.74, 6) is 2.38. The highest BCUT2D eigenvalue weighted by atomic mass is 16.5. The zero-order valence-electron chi connectivity index (χ0n) is 15.1. The van der Waals surface area contributed by atoms with Crippen molar-refractivity contribution >= 4 is 11.9 Å². The molecule has 0 radical (unpaired) electrons. The van der Waals surface area contributed by atoms with E-state index in [1.807, 2.05) is 6.92 Å². The SMILES string of the molecule is CCNC(=NCCc1nc(C)no1)N1CCN(C(=O)c2ccco2)CC1. The second-order valence-corrected chi connectivity index (χ2v) is 5.98. The van der Waals surface area contributed by atoms with Gasteiger partial charge in [-0.1, -0.05) is 5.16 Å². The molecule has 1 amide bonds. The minimum Gasteiger partial charge on any atom is -0.459 e. The summed E-state index contributed by atoms with van der Waals surface area (Å²) in [7, 11) is 0. The number of furan rings is 1. The third-order valence-corrected chi connectivity index (χ3v) is 4.09. The Hall–Kier alpha value is -2.84. The van der Waals surface area contributed by atoms with Gasteiger partial charge in [-0.25, -0.2) is 0 Å². The van der Waals surface area contributed by atoms with Crippen LogP contribution in [0.2, 0.25) is 0 Å². The van der Waals surface area contributed by atoms with Gasteiger partial charge in [-0.05, 0) is 26.0 Å². The predicted octanol–water partition coefficient (Wildman–Crippen LogP) is 0.937. The van der Waals surface area contributed by atoms with Crippen LogP contribution in [0.3, 0.4) is 0 Å². The number of aliphatic imine (C=N–C) groups is 1. The number of nitrogens with zero attached hydrogens (tertiary/aromatic N) is 5. The lowest BCUT2D eigenvalue weighted by atomic mass is 10.3. The molecule has 1 fully saturated rings. The first kappa shape index (κ1) is 18.0. The quantitative estimate of drug-likeness (QED) is 0.625. The van der Waals surface area contributed by atoms with E-state index >= 15 is 0 Å². The number of amides is 1. The fraction of sp³-hybridized carbons (Fsp3) is 0.529. The van der Waals surface area contributed by atoms with E-state index in [1.54, 1.807) is 24.0 Å². The van der Waals surface area contributed by atoms with Crippen molar-refractivity contribution in [3.05, 3.63) is 35.9 Å². The maximum absolute atomic E-state index is 12.3. The number of aromatic nitrogens is 2. The Morgan fingerprint density at radius 3 is 2.69 bits per heavy atom. The van der Waals surface area contributed by atoms with Crippen molar-refractivity contribution in [1.82, 2.24) is 25.3 Å². The summed E-state index contributed by atoms with van der Waals surface area (Å²) in [6.07, 6.45) is 2.12. The van der Waals surface area contributed by atoms with Crippen molar-refractivity contribution < 1.29 is 13.7 Å². The van der Waals surface area contributed by atoms with Gasteiger partial charge in [-0.2, -0.15) is 4.98 Å². The van der Waals surface area contributed by atoms with E-state index < -0.39 is 0 Å². The largest absolute Gasteiger partial charge is 0.459 e. The molecule has 1 N–H and O–H groups in total. The van der Waals surface area contributed by atoms with Crippen molar-refractivity contribution in [3.8, 4) is 0 Å². The summed E-state index contributed by atoms with van der Waals surface area (Å²) in [6.45, 7) is 7.88. The molecular weight excluding hydrogens is 336 g/mol. The average Bonchev–Trinajstić information content (AvgIpc) is 3.32. The normalized spacial score (nSPS) is 15.4. The Morgan fingerprint density at radius 2 is 2.08 bits per heavy atom. The maximum atomic E-state index is 12.3. The number of aryl methyl sites for hydroxylation is 1. The molecule has 26 heavy (non-hydrogen) atoms. The van der Waals surface area contributed by atoms with Crippen LogP contribution in [0.25, 0.3) is 0 Å². The Labute approximate surface area is 152 Å². The van der Waals surface area contributed by atoms with Crippen LogP contribution in [0.4, 0.5) is 0 Å². The number of carbonyl (C=O) groups is 1. The maximum Gasteiger partial charge on any atom is 0.289 e. The summed E-state index contributed by atoms with van der Waals surface area (Å²) in [4.78, 5) is 25.1. The molecule has 2 aromatic rings. The summed E-state index contributed by atoms with van der Waals surface area (Å²) in [6, 6.07) is 3.42. The van der Waals surface area contributed by atoms with E-state index in [2.05, 4.69) is 25.3 Å². The molecule has 0 aromatic carbocycles. The minimum atomic E-state index is -0.0663. The smallest absolute Gasteiger partial charge is 0.289 e. The predicted molar refractivity (Wildman–Crippen MR) is 94.9 cm³/mol. The Morgan fingerprint density at radius 1 is 1.31 bits per heavy atom. The van der Waals surface area contributed by atoms with E-state index in [-0.39, 0.29) is 5.91 Å². The molecule has 0 spiro atoms. The van der Waals surface area contributed by atoms with Crippen LogP contribution in [0, 0.1) is 6.92 Å². The van der Waals surface area contributed by atoms with Gasteiger partial charge < -0.3 is 24.1 Å². The lowest BCUT2D eigenvalue weighted by Crippen LogP contribution is -2.53. The fourth-order valence-electron chi connectivity index (χ4n) is 2.80. The van der Waals surface area contributed by atoms with Crippen LogP contribution in [0.5, 0.6) is 0 Å². The molecule has 1 aliphatic heterocycles. The van der Waals surface area contributed by atoms with Crippen molar-refractivity contribution in [1.29, 1.82) is 0 Å². The first-order chi connectivity index (χ1) is 12.7. The number of hydrogen-bond acceptors (Lipinski definition) is 6. The standard InChI is InChI=1S/C17H24N6O3/c1-3-18-17(19-7-6-15-20-13(2)21-26-15)23-10-8-22(9-11-23)16(24)14-5-4-12-25-14/h4-5,12H,3,6-11H2,1-2H3,(H,18,19). The van der Waals surface area contributed by atoms with Crippen molar-refractivity contribution in [2.75, 3.05) is 39.3 Å². The van der Waals surface area contributed by atoms with Crippen LogP contribution < -0.4 is 5.32 Å². The third kappa shape index (κ3) is 4.41. The topological polar surface area (TPSA) is 100 Å². The van der Waals surface area contributed by atoms with Crippen LogP contribution in [0.15, 0.2) is 32.3 Å². The van der Waals surface area contributed by atoms with Gasteiger partial charge in [0.2, 0.25) is 5.89 Å². The van der Waals surface area contributed by atoms with Gasteiger partial charge in [0.25, 0.3) is 5.91 Å². The number of piperazine rings is 1. The first-order valence-electron chi connectivity index (χ1n) is 8.82. The van der Waals surface area contributed by atoms with Gasteiger partial charge >= 0.3 is 0 Å². The average molecular weight is 360 g/mol. The summed E-state index contributed by atoms with van der Waals surface area (Å²) >= 11 is 0. The van der Waals surface area contributed by atoms with Crippen molar-refractivity contribution in [3.63, 3.8) is 0 Å². The molecule has 0 unspecified atom stereocenters. The summed E-state index contributed by atoms with van der Waals surface area (Å²) in [5, 5.41) is 7.08.